The van der Waals surface area contributed by atoms with Crippen LogP contribution in [0.2, 0.25) is 0 Å². The van der Waals surface area contributed by atoms with E-state index in [1.165, 1.54) is 0 Å². The molecule has 0 saturated heterocycles. The predicted octanol–water partition coefficient (Wildman–Crippen LogP) is 14.5. The van der Waals surface area contributed by atoms with Gasteiger partial charge in [-0.2, -0.15) is 0 Å². The number of para-hydroxylation sites is 2. The summed E-state index contributed by atoms with van der Waals surface area (Å²) in [5, 5.41) is 6.72. The van der Waals surface area contributed by atoms with E-state index in [0.29, 0.717) is 5.89 Å². The van der Waals surface area contributed by atoms with Crippen molar-refractivity contribution in [2.75, 3.05) is 4.90 Å². The maximum absolute atomic E-state index is 6.51. The normalized spacial score (nSPS) is 11.6. The Morgan fingerprint density at radius 3 is 1.91 bits per heavy atom. The van der Waals surface area contributed by atoms with E-state index >= 15 is 0 Å². The van der Waals surface area contributed by atoms with Gasteiger partial charge in [0.1, 0.15) is 16.7 Å². The van der Waals surface area contributed by atoms with Crippen molar-refractivity contribution in [3.8, 4) is 33.7 Å². The number of anilines is 3. The van der Waals surface area contributed by atoms with E-state index in [9.17, 15) is 0 Å². The third kappa shape index (κ3) is 5.26. The van der Waals surface area contributed by atoms with Gasteiger partial charge in [0.05, 0.1) is 5.69 Å². The molecule has 0 aliphatic rings. The monoisotopic (exact) mass is 704 g/mol. The van der Waals surface area contributed by atoms with Crippen LogP contribution in [0.5, 0.6) is 0 Å². The lowest BCUT2D eigenvalue weighted by atomic mass is 9.96. The molecule has 9 aromatic carbocycles. The Hall–Kier alpha value is -7.43. The van der Waals surface area contributed by atoms with Crippen LogP contribution in [-0.2, 0) is 0 Å². The largest absolute Gasteiger partial charge is 0.456 e. The first kappa shape index (κ1) is 31.1. The number of rotatable bonds is 6. The lowest BCUT2D eigenvalue weighted by Crippen LogP contribution is -2.11. The van der Waals surface area contributed by atoms with Crippen molar-refractivity contribution in [3.05, 3.63) is 194 Å². The van der Waals surface area contributed by atoms with Gasteiger partial charge in [-0.3, -0.25) is 0 Å². The highest BCUT2D eigenvalue weighted by molar-refractivity contribution is 6.18. The van der Waals surface area contributed by atoms with E-state index in [1.807, 2.05) is 42.5 Å². The number of benzene rings is 9. The summed E-state index contributed by atoms with van der Waals surface area (Å²) >= 11 is 0. The quantitative estimate of drug-likeness (QED) is 0.162. The zero-order valence-electron chi connectivity index (χ0n) is 29.7. The first-order valence-electron chi connectivity index (χ1n) is 18.5. The Kier molecular flexibility index (Phi) is 7.14. The summed E-state index contributed by atoms with van der Waals surface area (Å²) in [4.78, 5) is 7.20. The van der Waals surface area contributed by atoms with Gasteiger partial charge in [-0.05, 0) is 93.5 Å². The fraction of sp³-hybridized carbons (Fsp3) is 0. The fourth-order valence-electron chi connectivity index (χ4n) is 8.02. The summed E-state index contributed by atoms with van der Waals surface area (Å²) in [7, 11) is 0. The summed E-state index contributed by atoms with van der Waals surface area (Å²) in [6, 6.07) is 68.1. The van der Waals surface area contributed by atoms with Crippen LogP contribution in [0.1, 0.15) is 0 Å². The average Bonchev–Trinajstić information content (AvgIpc) is 3.86. The van der Waals surface area contributed by atoms with Gasteiger partial charge in [0, 0.05) is 44.7 Å². The van der Waals surface area contributed by atoms with E-state index < -0.39 is 0 Å². The molecular weight excluding hydrogens is 673 g/mol. The van der Waals surface area contributed by atoms with Gasteiger partial charge in [0.15, 0.2) is 5.58 Å². The van der Waals surface area contributed by atoms with Gasteiger partial charge >= 0.3 is 0 Å². The van der Waals surface area contributed by atoms with Crippen LogP contribution in [0.25, 0.3) is 88.3 Å². The lowest BCUT2D eigenvalue weighted by molar-refractivity contribution is 0.623. The van der Waals surface area contributed by atoms with Crippen LogP contribution in [-0.4, -0.2) is 4.98 Å². The molecule has 4 nitrogen and oxygen atoms in total. The second kappa shape index (κ2) is 12.6. The first-order valence-corrected chi connectivity index (χ1v) is 18.5. The molecule has 11 aromatic rings. The summed E-state index contributed by atoms with van der Waals surface area (Å²) in [5.41, 5.74) is 12.1. The third-order valence-electron chi connectivity index (χ3n) is 10.7. The number of aromatic nitrogens is 1. The van der Waals surface area contributed by atoms with Gasteiger partial charge in [0.25, 0.3) is 0 Å². The van der Waals surface area contributed by atoms with Crippen LogP contribution in [0.15, 0.2) is 203 Å². The minimum Gasteiger partial charge on any atom is -0.456 e. The zero-order valence-corrected chi connectivity index (χ0v) is 29.7. The number of fused-ring (bicyclic) bond motifs is 8. The molecule has 0 unspecified atom stereocenters. The molecular formula is C51H32N2O2. The highest BCUT2D eigenvalue weighted by Gasteiger charge is 2.20. The molecule has 0 amide bonds. The van der Waals surface area contributed by atoms with E-state index in [2.05, 4.69) is 157 Å². The van der Waals surface area contributed by atoms with Gasteiger partial charge in [-0.1, -0.05) is 127 Å². The van der Waals surface area contributed by atoms with E-state index in [0.717, 1.165) is 99.5 Å². The number of hydrogen-bond acceptors (Lipinski definition) is 4. The fourth-order valence-corrected chi connectivity index (χ4v) is 8.02. The second-order valence-electron chi connectivity index (χ2n) is 13.9. The Labute approximate surface area is 317 Å². The number of nitrogens with zero attached hydrogens (tertiary/aromatic N) is 2. The summed E-state index contributed by atoms with van der Waals surface area (Å²) in [6.45, 7) is 0. The standard InChI is InChI=1S/C51H32N2O2/c1-3-11-34(12-4-1)41-15-7-9-17-46(41)53(40-28-29-43-42-16-8-10-18-47(42)54-48(43)32-40)39-26-23-33(24-27-39)38-22-20-35-19-21-36-25-30-45-50(49(36)44(35)31-38)55-51(52-45)37-13-5-2-6-14-37/h1-32H. The molecule has 0 fully saturated rings. The Balaban J connectivity index is 1.04. The van der Waals surface area contributed by atoms with Gasteiger partial charge in [-0.25, -0.2) is 4.98 Å². The van der Waals surface area contributed by atoms with Crippen molar-refractivity contribution in [2.45, 2.75) is 0 Å². The molecule has 0 spiro atoms. The van der Waals surface area contributed by atoms with Gasteiger partial charge in [-0.15, -0.1) is 0 Å². The van der Waals surface area contributed by atoms with E-state index in [4.69, 9.17) is 13.8 Å². The maximum atomic E-state index is 6.51. The number of hydrogen-bond donors (Lipinski definition) is 0. The molecule has 55 heavy (non-hydrogen) atoms. The number of oxazole rings is 1. The van der Waals surface area contributed by atoms with Crippen LogP contribution < -0.4 is 4.90 Å². The molecule has 2 aromatic heterocycles. The summed E-state index contributed by atoms with van der Waals surface area (Å²) in [5.74, 6) is 0.629. The lowest BCUT2D eigenvalue weighted by Gasteiger charge is -2.28. The summed E-state index contributed by atoms with van der Waals surface area (Å²) in [6.07, 6.45) is 0. The topological polar surface area (TPSA) is 42.4 Å². The molecule has 0 N–H and O–H groups in total. The van der Waals surface area contributed by atoms with Crippen molar-refractivity contribution < 1.29 is 8.83 Å². The van der Waals surface area contributed by atoms with Crippen molar-refractivity contribution >= 4 is 71.6 Å². The molecule has 2 heterocycles. The van der Waals surface area contributed by atoms with Crippen LogP contribution in [0, 0.1) is 0 Å². The van der Waals surface area contributed by atoms with E-state index in [-0.39, 0.29) is 0 Å². The molecule has 0 bridgehead atoms. The van der Waals surface area contributed by atoms with Crippen molar-refractivity contribution in [1.29, 1.82) is 0 Å². The first-order chi connectivity index (χ1) is 27.2. The van der Waals surface area contributed by atoms with Crippen molar-refractivity contribution in [2.24, 2.45) is 0 Å². The molecule has 0 atom stereocenters. The third-order valence-corrected chi connectivity index (χ3v) is 10.7. The SMILES string of the molecule is c1ccc(-c2nc3ccc4ccc5ccc(-c6ccc(N(c7ccc8c(c7)oc7ccccc78)c7ccccc7-c7ccccc7)cc6)cc5c4c3o2)cc1. The highest BCUT2D eigenvalue weighted by Crippen LogP contribution is 2.43. The van der Waals surface area contributed by atoms with Gasteiger partial charge < -0.3 is 13.7 Å². The van der Waals surface area contributed by atoms with Crippen LogP contribution in [0.3, 0.4) is 0 Å². The molecule has 0 aliphatic heterocycles. The molecule has 0 aliphatic carbocycles. The number of furan rings is 1. The Morgan fingerprint density at radius 2 is 1.05 bits per heavy atom. The summed E-state index contributed by atoms with van der Waals surface area (Å²) < 4.78 is 12.9. The van der Waals surface area contributed by atoms with Crippen molar-refractivity contribution in [1.82, 2.24) is 4.98 Å². The minimum atomic E-state index is 0.629. The molecule has 258 valence electrons. The van der Waals surface area contributed by atoms with Crippen LogP contribution in [0.4, 0.5) is 17.1 Å². The molecule has 11 rings (SSSR count). The molecule has 4 heteroatoms. The van der Waals surface area contributed by atoms with Crippen molar-refractivity contribution in [3.63, 3.8) is 0 Å². The smallest absolute Gasteiger partial charge is 0.227 e. The Morgan fingerprint density at radius 1 is 0.400 bits per heavy atom. The molecule has 0 radical (unpaired) electrons. The van der Waals surface area contributed by atoms with E-state index in [1.54, 1.807) is 0 Å². The maximum Gasteiger partial charge on any atom is 0.227 e. The van der Waals surface area contributed by atoms with Gasteiger partial charge in [0.2, 0.25) is 5.89 Å². The highest BCUT2D eigenvalue weighted by atomic mass is 16.3. The average molecular weight is 705 g/mol. The zero-order chi connectivity index (χ0) is 36.3. The Bertz CT molecular complexity index is 3200. The molecule has 0 saturated carbocycles. The minimum absolute atomic E-state index is 0.629. The van der Waals surface area contributed by atoms with Crippen LogP contribution >= 0.6 is 0 Å². The predicted molar refractivity (Wildman–Crippen MR) is 227 cm³/mol. The second-order valence-corrected chi connectivity index (χ2v) is 13.9.